The van der Waals surface area contributed by atoms with Gasteiger partial charge in [-0.1, -0.05) is 59.9 Å². The van der Waals surface area contributed by atoms with Crippen LogP contribution in [0.4, 0.5) is 5.69 Å². The summed E-state index contributed by atoms with van der Waals surface area (Å²) in [5.41, 5.74) is 28.4. The molecule has 4 aromatic rings. The Morgan fingerprint density at radius 1 is 0.979 bits per heavy atom. The lowest BCUT2D eigenvalue weighted by Crippen LogP contribution is -2.12. The summed E-state index contributed by atoms with van der Waals surface area (Å²) in [6.45, 7) is 21.1. The van der Waals surface area contributed by atoms with Gasteiger partial charge in [-0.25, -0.2) is 14.8 Å². The molecule has 0 fully saturated rings. The summed E-state index contributed by atoms with van der Waals surface area (Å²) in [6, 6.07) is 9.34. The van der Waals surface area contributed by atoms with Crippen molar-refractivity contribution in [1.29, 1.82) is 0 Å². The molecule has 1 atom stereocenters. The van der Waals surface area contributed by atoms with E-state index in [0.29, 0.717) is 21.4 Å². The third-order valence-corrected chi connectivity index (χ3v) is 9.22. The second-order valence-electron chi connectivity index (χ2n) is 8.48. The maximum absolute atomic E-state index is 12.9. The number of aromatic nitrogens is 2. The fourth-order valence-corrected chi connectivity index (χ4v) is 6.78. The molecule has 0 saturated carbocycles. The van der Waals surface area contributed by atoms with E-state index in [0.717, 1.165) is 44.9 Å². The van der Waals surface area contributed by atoms with Gasteiger partial charge in [0, 0.05) is 22.7 Å². The van der Waals surface area contributed by atoms with Gasteiger partial charge in [0.05, 0.1) is 23.6 Å². The molecule has 0 saturated heterocycles. The molecular formula is C37H35N3O4S3. The van der Waals surface area contributed by atoms with Crippen LogP contribution in [0.5, 0.6) is 5.75 Å². The molecule has 1 aromatic carbocycles. The Labute approximate surface area is 286 Å². The third-order valence-electron chi connectivity index (χ3n) is 5.43. The molecule has 0 amide bonds. The standard InChI is InChI=1S/C23H23N3O4S3.2C5H4.C4H4/c1-3-4-11-33(28)23-20(24)19-16(12-17(26-22(19)32-23)21-25-9-10-31-21)14-5-7-15(8-6-14)30-13-18(27)29-2;2*1-3-5-4-2;1-3-4-2/h5-10,12H,3-4,11,13,24H2,1-2H3;2*1-2H2;1-2H2. The number of hydrogen-bond donors (Lipinski definition) is 1. The van der Waals surface area contributed by atoms with E-state index >= 15 is 0 Å². The minimum atomic E-state index is -1.17. The number of nitrogens with zero attached hydrogens (tertiary/aromatic N) is 2. The zero-order chi connectivity index (χ0) is 35.0. The summed E-state index contributed by atoms with van der Waals surface area (Å²) < 4.78 is 23.6. The van der Waals surface area contributed by atoms with Gasteiger partial charge in [0.15, 0.2) is 6.61 Å². The van der Waals surface area contributed by atoms with Crippen LogP contribution in [0.15, 0.2) is 131 Å². The molecule has 2 N–H and O–H groups in total. The third kappa shape index (κ3) is 13.3. The maximum Gasteiger partial charge on any atom is 0.343 e. The van der Waals surface area contributed by atoms with Gasteiger partial charge in [-0.05, 0) is 86.7 Å². The summed E-state index contributed by atoms with van der Waals surface area (Å²) in [5, 5.41) is 3.50. The van der Waals surface area contributed by atoms with E-state index in [1.807, 2.05) is 23.6 Å². The quantitative estimate of drug-likeness (QED) is 0.139. The second kappa shape index (κ2) is 23.0. The van der Waals surface area contributed by atoms with Crippen molar-refractivity contribution >= 4 is 55.3 Å². The predicted octanol–water partition coefficient (Wildman–Crippen LogP) is 8.78. The van der Waals surface area contributed by atoms with Crippen molar-refractivity contribution in [2.75, 3.05) is 25.2 Å². The highest BCUT2D eigenvalue weighted by atomic mass is 32.2. The molecule has 4 rings (SSSR count). The summed E-state index contributed by atoms with van der Waals surface area (Å²) in [7, 11) is 0.147. The van der Waals surface area contributed by atoms with Crippen LogP contribution in [0.2, 0.25) is 0 Å². The van der Waals surface area contributed by atoms with E-state index in [2.05, 4.69) is 102 Å². The van der Waals surface area contributed by atoms with E-state index in [1.165, 1.54) is 29.8 Å². The highest BCUT2D eigenvalue weighted by Gasteiger charge is 2.21. The highest BCUT2D eigenvalue weighted by molar-refractivity contribution is 7.87. The van der Waals surface area contributed by atoms with E-state index in [9.17, 15) is 9.00 Å². The molecule has 3 heterocycles. The fourth-order valence-electron chi connectivity index (χ4n) is 3.38. The number of pyridine rings is 1. The lowest BCUT2D eigenvalue weighted by atomic mass is 10.0. The van der Waals surface area contributed by atoms with Crippen molar-refractivity contribution < 1.29 is 18.5 Å². The van der Waals surface area contributed by atoms with E-state index in [-0.39, 0.29) is 6.61 Å². The van der Waals surface area contributed by atoms with Gasteiger partial charge in [0.1, 0.15) is 25.5 Å². The van der Waals surface area contributed by atoms with Crippen LogP contribution in [0.1, 0.15) is 19.8 Å². The highest BCUT2D eigenvalue weighted by Crippen LogP contribution is 2.43. The molecule has 0 aliphatic carbocycles. The van der Waals surface area contributed by atoms with Crippen LogP contribution in [0, 0.1) is 0 Å². The van der Waals surface area contributed by atoms with E-state index in [1.54, 1.807) is 18.3 Å². The van der Waals surface area contributed by atoms with Crippen LogP contribution in [0.25, 0.3) is 32.0 Å². The number of nitrogens with two attached hydrogens (primary N) is 1. The molecule has 0 aliphatic rings. The first kappa shape index (κ1) is 39.7. The van der Waals surface area contributed by atoms with Crippen molar-refractivity contribution in [1.82, 2.24) is 9.97 Å². The molecule has 47 heavy (non-hydrogen) atoms. The summed E-state index contributed by atoms with van der Waals surface area (Å²) in [5.74, 6) is 0.681. The molecule has 0 bridgehead atoms. The second-order valence-corrected chi connectivity index (χ2v) is 12.1. The number of hydrogen-bond acceptors (Lipinski definition) is 9. The Morgan fingerprint density at radius 3 is 2.06 bits per heavy atom. The molecule has 240 valence electrons. The molecule has 7 nitrogen and oxygen atoms in total. The Hall–Kier alpha value is -5.36. The Balaban J connectivity index is 0.000000665. The minimum Gasteiger partial charge on any atom is -0.482 e. The van der Waals surface area contributed by atoms with Crippen molar-refractivity contribution in [3.05, 3.63) is 127 Å². The Morgan fingerprint density at radius 2 is 1.60 bits per heavy atom. The molecule has 10 heteroatoms. The normalized spacial score (nSPS) is 9.40. The van der Waals surface area contributed by atoms with E-state index in [4.69, 9.17) is 15.5 Å². The van der Waals surface area contributed by atoms with Crippen molar-refractivity contribution in [2.24, 2.45) is 0 Å². The van der Waals surface area contributed by atoms with Crippen LogP contribution in [0.3, 0.4) is 0 Å². The number of ether oxygens (including phenoxy) is 2. The molecule has 0 spiro atoms. The zero-order valence-corrected chi connectivity index (χ0v) is 28.9. The first-order valence-electron chi connectivity index (χ1n) is 13.7. The van der Waals surface area contributed by atoms with Crippen molar-refractivity contribution in [3.8, 4) is 27.6 Å². The number of esters is 1. The molecule has 3 aromatic heterocycles. The number of methoxy groups -OCH3 is 1. The monoisotopic (exact) mass is 681 g/mol. The van der Waals surface area contributed by atoms with Gasteiger partial charge in [0.25, 0.3) is 0 Å². The van der Waals surface area contributed by atoms with Gasteiger partial charge in [0.2, 0.25) is 0 Å². The maximum atomic E-state index is 12.9. The van der Waals surface area contributed by atoms with Crippen molar-refractivity contribution in [2.45, 2.75) is 24.0 Å². The number of benzene rings is 1. The molecule has 0 radical (unpaired) electrons. The first-order valence-corrected chi connectivity index (χ1v) is 16.7. The average molecular weight is 682 g/mol. The van der Waals surface area contributed by atoms with Gasteiger partial charge in [-0.15, -0.1) is 22.7 Å². The van der Waals surface area contributed by atoms with Gasteiger partial charge < -0.3 is 15.2 Å². The SMILES string of the molecule is C=C=C=C.C=C=C=C=C.C=C=C=C=C.CCCCS(=O)c1sc2nc(-c3nccs3)cc(-c3ccc(OCC(=O)OC)cc3)c2c1N. The number of thiazole rings is 1. The predicted molar refractivity (Wildman–Crippen MR) is 196 cm³/mol. The zero-order valence-electron chi connectivity index (χ0n) is 26.4. The number of rotatable bonds is 9. The van der Waals surface area contributed by atoms with Gasteiger partial charge in [-0.2, -0.15) is 0 Å². The number of unbranched alkanes of at least 4 members (excludes halogenated alkanes) is 1. The topological polar surface area (TPSA) is 104 Å². The van der Waals surface area contributed by atoms with Crippen LogP contribution < -0.4 is 10.5 Å². The minimum absolute atomic E-state index is 0.159. The molecule has 0 aliphatic heterocycles. The van der Waals surface area contributed by atoms with Gasteiger partial charge in [-0.3, -0.25) is 4.21 Å². The summed E-state index contributed by atoms with van der Waals surface area (Å²) in [4.78, 5) is 21.3. The lowest BCUT2D eigenvalue weighted by Gasteiger charge is -2.09. The number of nitrogen functional groups attached to an aromatic ring is 1. The lowest BCUT2D eigenvalue weighted by molar-refractivity contribution is -0.142. The first-order chi connectivity index (χ1) is 22.8. The number of fused-ring (bicyclic) bond motifs is 1. The summed E-state index contributed by atoms with van der Waals surface area (Å²) >= 11 is 2.89. The van der Waals surface area contributed by atoms with Crippen LogP contribution in [-0.2, 0) is 20.3 Å². The van der Waals surface area contributed by atoms with Crippen molar-refractivity contribution in [3.63, 3.8) is 0 Å². The molecule has 1 unspecified atom stereocenters. The smallest absolute Gasteiger partial charge is 0.343 e. The van der Waals surface area contributed by atoms with E-state index < -0.39 is 16.8 Å². The van der Waals surface area contributed by atoms with Crippen LogP contribution in [-0.4, -0.2) is 39.6 Å². The number of carbonyl (C=O) groups excluding carboxylic acids is 1. The number of carbonyl (C=O) groups is 1. The average Bonchev–Trinajstić information content (AvgIpc) is 3.76. The summed E-state index contributed by atoms with van der Waals surface area (Å²) in [6.07, 6.45) is 3.59. The number of thiophene rings is 1. The number of anilines is 1. The largest absolute Gasteiger partial charge is 0.482 e. The fraction of sp³-hybridized carbons (Fsp3) is 0.162. The Bertz CT molecular complexity index is 1880. The molecular weight excluding hydrogens is 647 g/mol. The Kier molecular flexibility index (Phi) is 19.4. The van der Waals surface area contributed by atoms with Crippen LogP contribution >= 0.6 is 22.7 Å². The van der Waals surface area contributed by atoms with Gasteiger partial charge >= 0.3 is 5.97 Å².